The van der Waals surface area contributed by atoms with Crippen molar-refractivity contribution in [2.45, 2.75) is 24.4 Å². The maximum absolute atomic E-state index is 12.5. The molecule has 2 aromatic rings. The minimum Gasteiger partial charge on any atom is -0.235 e. The highest BCUT2D eigenvalue weighted by molar-refractivity contribution is 9.10. The molecule has 9 heteroatoms. The fourth-order valence-electron chi connectivity index (χ4n) is 1.93. The van der Waals surface area contributed by atoms with Crippen LogP contribution < -0.4 is 4.72 Å². The van der Waals surface area contributed by atoms with Crippen molar-refractivity contribution in [2.75, 3.05) is 0 Å². The van der Waals surface area contributed by atoms with Gasteiger partial charge in [0.2, 0.25) is 5.03 Å². The van der Waals surface area contributed by atoms with Crippen molar-refractivity contribution >= 4 is 37.6 Å². The molecule has 0 saturated heterocycles. The van der Waals surface area contributed by atoms with Crippen LogP contribution in [0.15, 0.2) is 33.9 Å². The first-order valence-corrected chi connectivity index (χ1v) is 8.83. The van der Waals surface area contributed by atoms with Gasteiger partial charge in [-0.3, -0.25) is 0 Å². The van der Waals surface area contributed by atoms with E-state index < -0.39 is 10.0 Å². The molecule has 0 aliphatic rings. The van der Waals surface area contributed by atoms with E-state index in [2.05, 4.69) is 31.0 Å². The number of hydrogen-bond donors (Lipinski definition) is 1. The summed E-state index contributed by atoms with van der Waals surface area (Å²) in [4.78, 5) is 0. The molecule has 0 fully saturated rings. The number of aryl methyl sites for hydroxylation is 1. The van der Waals surface area contributed by atoms with Crippen molar-refractivity contribution in [3.05, 3.63) is 39.5 Å². The van der Waals surface area contributed by atoms with Gasteiger partial charge < -0.3 is 0 Å². The monoisotopic (exact) mass is 392 g/mol. The Hall–Kier alpha value is -0.960. The van der Waals surface area contributed by atoms with E-state index in [1.807, 2.05) is 6.92 Å². The molecule has 1 N–H and O–H groups in total. The van der Waals surface area contributed by atoms with Crippen LogP contribution in [-0.4, -0.2) is 23.4 Å². The number of rotatable bonds is 5. The summed E-state index contributed by atoms with van der Waals surface area (Å²) in [5.74, 6) is 0. The van der Waals surface area contributed by atoms with Crippen LogP contribution in [0.25, 0.3) is 0 Å². The van der Waals surface area contributed by atoms with Gasteiger partial charge in [0.1, 0.15) is 0 Å². The molecule has 6 nitrogen and oxygen atoms in total. The Labute approximate surface area is 136 Å². The van der Waals surface area contributed by atoms with Crippen LogP contribution >= 0.6 is 27.5 Å². The van der Waals surface area contributed by atoms with Crippen molar-refractivity contribution < 1.29 is 8.42 Å². The number of hydrogen-bond acceptors (Lipinski definition) is 4. The molecule has 1 aromatic carbocycles. The molecule has 0 radical (unpaired) electrons. The van der Waals surface area contributed by atoms with Gasteiger partial charge in [0.15, 0.2) is 4.60 Å². The lowest BCUT2D eigenvalue weighted by Gasteiger charge is -2.17. The molecule has 0 spiro atoms. The predicted molar refractivity (Wildman–Crippen MR) is 83.5 cm³/mol. The topological polar surface area (TPSA) is 76.9 Å². The number of halogens is 2. The summed E-state index contributed by atoms with van der Waals surface area (Å²) in [5, 5.41) is 7.98. The standard InChI is InChI=1S/C12H14BrClN4O2S/c1-3-10(8-4-6-9(14)7-5-8)16-21(19,20)12-11(13)15-17-18(12)2/h4-7,10,16H,3H2,1-2H3. The minimum absolute atomic E-state index is 0.00471. The average molecular weight is 394 g/mol. The summed E-state index contributed by atoms with van der Waals surface area (Å²) in [6.45, 7) is 1.90. The van der Waals surface area contributed by atoms with Gasteiger partial charge in [-0.1, -0.05) is 35.9 Å². The molecule has 0 aliphatic heterocycles. The Kier molecular flexibility index (Phi) is 5.03. The van der Waals surface area contributed by atoms with Crippen molar-refractivity contribution in [1.29, 1.82) is 0 Å². The molecule has 1 heterocycles. The maximum Gasteiger partial charge on any atom is 0.261 e. The highest BCUT2D eigenvalue weighted by atomic mass is 79.9. The summed E-state index contributed by atoms with van der Waals surface area (Å²) < 4.78 is 29.0. The van der Waals surface area contributed by atoms with Gasteiger partial charge in [0, 0.05) is 18.1 Å². The first-order chi connectivity index (χ1) is 9.85. The highest BCUT2D eigenvalue weighted by Gasteiger charge is 2.27. The van der Waals surface area contributed by atoms with Crippen LogP contribution in [0.2, 0.25) is 5.02 Å². The van der Waals surface area contributed by atoms with Crippen molar-refractivity contribution in [1.82, 2.24) is 19.7 Å². The molecule has 0 amide bonds. The van der Waals surface area contributed by atoms with E-state index in [0.717, 1.165) is 5.56 Å². The molecule has 0 bridgehead atoms. The third-order valence-electron chi connectivity index (χ3n) is 2.97. The van der Waals surface area contributed by atoms with Crippen LogP contribution in [-0.2, 0) is 17.1 Å². The van der Waals surface area contributed by atoms with E-state index in [1.54, 1.807) is 24.3 Å². The first-order valence-electron chi connectivity index (χ1n) is 6.18. The quantitative estimate of drug-likeness (QED) is 0.847. The second kappa shape index (κ2) is 6.43. The molecular weight excluding hydrogens is 380 g/mol. The zero-order chi connectivity index (χ0) is 15.6. The number of sulfonamides is 1. The van der Waals surface area contributed by atoms with Gasteiger partial charge in [-0.25, -0.2) is 17.8 Å². The van der Waals surface area contributed by atoms with E-state index in [9.17, 15) is 8.42 Å². The van der Waals surface area contributed by atoms with Gasteiger partial charge in [0.05, 0.1) is 0 Å². The fraction of sp³-hybridized carbons (Fsp3) is 0.333. The number of nitrogens with one attached hydrogen (secondary N) is 1. The summed E-state index contributed by atoms with van der Waals surface area (Å²) in [7, 11) is -2.22. The lowest BCUT2D eigenvalue weighted by molar-refractivity contribution is 0.534. The second-order valence-electron chi connectivity index (χ2n) is 4.44. The third kappa shape index (κ3) is 3.63. The normalized spacial score (nSPS) is 13.3. The van der Waals surface area contributed by atoms with Gasteiger partial charge in [-0.15, -0.1) is 5.10 Å². The molecule has 2 rings (SSSR count). The van der Waals surface area contributed by atoms with Gasteiger partial charge in [-0.2, -0.15) is 0 Å². The van der Waals surface area contributed by atoms with Crippen molar-refractivity contribution in [3.63, 3.8) is 0 Å². The largest absolute Gasteiger partial charge is 0.261 e. The summed E-state index contributed by atoms with van der Waals surface area (Å²) in [5.41, 5.74) is 0.844. The molecule has 0 saturated carbocycles. The van der Waals surface area contributed by atoms with Gasteiger partial charge >= 0.3 is 0 Å². The van der Waals surface area contributed by atoms with E-state index in [1.165, 1.54) is 11.7 Å². The first kappa shape index (κ1) is 16.4. The number of nitrogens with zero attached hydrogens (tertiary/aromatic N) is 3. The maximum atomic E-state index is 12.5. The van der Waals surface area contributed by atoms with E-state index >= 15 is 0 Å². The zero-order valence-electron chi connectivity index (χ0n) is 11.4. The van der Waals surface area contributed by atoms with Crippen LogP contribution in [0, 0.1) is 0 Å². The molecule has 1 aromatic heterocycles. The molecule has 0 aliphatic carbocycles. The Balaban J connectivity index is 2.32. The zero-order valence-corrected chi connectivity index (χ0v) is 14.6. The number of aromatic nitrogens is 3. The highest BCUT2D eigenvalue weighted by Crippen LogP contribution is 2.24. The van der Waals surface area contributed by atoms with Crippen LogP contribution in [0.5, 0.6) is 0 Å². The van der Waals surface area contributed by atoms with Gasteiger partial charge in [0.25, 0.3) is 10.0 Å². The Morgan fingerprint density at radius 1 is 1.38 bits per heavy atom. The van der Waals surface area contributed by atoms with E-state index in [4.69, 9.17) is 11.6 Å². The molecule has 21 heavy (non-hydrogen) atoms. The summed E-state index contributed by atoms with van der Waals surface area (Å²) in [6.07, 6.45) is 0.601. The van der Waals surface area contributed by atoms with Crippen LogP contribution in [0.4, 0.5) is 0 Å². The lowest BCUT2D eigenvalue weighted by atomic mass is 10.1. The minimum atomic E-state index is -3.74. The third-order valence-corrected chi connectivity index (χ3v) is 5.58. The lowest BCUT2D eigenvalue weighted by Crippen LogP contribution is -2.30. The summed E-state index contributed by atoms with van der Waals surface area (Å²) in [6, 6.07) is 6.71. The van der Waals surface area contributed by atoms with Crippen molar-refractivity contribution in [2.24, 2.45) is 7.05 Å². The molecular formula is C12H14BrClN4O2S. The second-order valence-corrected chi connectivity index (χ2v) is 7.26. The summed E-state index contributed by atoms with van der Waals surface area (Å²) >= 11 is 8.95. The van der Waals surface area contributed by atoms with E-state index in [0.29, 0.717) is 11.4 Å². The number of benzene rings is 1. The Morgan fingerprint density at radius 3 is 2.48 bits per heavy atom. The molecule has 1 atom stereocenters. The van der Waals surface area contributed by atoms with Crippen LogP contribution in [0.1, 0.15) is 24.9 Å². The van der Waals surface area contributed by atoms with Crippen molar-refractivity contribution in [3.8, 4) is 0 Å². The molecule has 114 valence electrons. The smallest absolute Gasteiger partial charge is 0.235 e. The molecule has 1 unspecified atom stereocenters. The Bertz CT molecular complexity index is 711. The Morgan fingerprint density at radius 2 is 2.00 bits per heavy atom. The SMILES string of the molecule is CCC(NS(=O)(=O)c1c(Br)nnn1C)c1ccc(Cl)cc1. The average Bonchev–Trinajstić information content (AvgIpc) is 2.77. The predicted octanol–water partition coefficient (Wildman–Crippen LogP) is 2.66. The van der Waals surface area contributed by atoms with Crippen LogP contribution in [0.3, 0.4) is 0 Å². The van der Waals surface area contributed by atoms with Gasteiger partial charge in [-0.05, 0) is 40.0 Å². The fourth-order valence-corrected chi connectivity index (χ4v) is 4.46. The van der Waals surface area contributed by atoms with E-state index in [-0.39, 0.29) is 15.7 Å².